The largest absolute Gasteiger partial charge is 0.506 e. The Bertz CT molecular complexity index is 1080. The van der Waals surface area contributed by atoms with Gasteiger partial charge in [0.1, 0.15) is 11.5 Å². The molecule has 0 aliphatic heterocycles. The molecule has 29 heavy (non-hydrogen) atoms. The Morgan fingerprint density at radius 3 is 1.90 bits per heavy atom. The average Bonchev–Trinajstić information content (AvgIpc) is 3.27. The van der Waals surface area contributed by atoms with Gasteiger partial charge >= 0.3 is 0 Å². The third kappa shape index (κ3) is 4.72. The Kier molecular flexibility index (Phi) is 6.46. The van der Waals surface area contributed by atoms with Crippen molar-refractivity contribution in [1.29, 1.82) is 0 Å². The zero-order chi connectivity index (χ0) is 21.0. The summed E-state index contributed by atoms with van der Waals surface area (Å²) in [5.41, 5.74) is 13.5. The molecule has 2 aromatic carbocycles. The number of phenolic OH excluding ortho intramolecular Hbond substituents is 1. The number of methoxy groups -OCH3 is 1. The predicted octanol–water partition coefficient (Wildman–Crippen LogP) is 3.69. The van der Waals surface area contributed by atoms with Crippen molar-refractivity contribution in [3.05, 3.63) is 60.9 Å². The third-order valence-corrected chi connectivity index (χ3v) is 4.71. The van der Waals surface area contributed by atoms with E-state index in [9.17, 15) is 5.11 Å². The summed E-state index contributed by atoms with van der Waals surface area (Å²) in [5, 5.41) is 11.9. The van der Waals surface area contributed by atoms with Crippen LogP contribution in [0.4, 0.5) is 0 Å². The van der Waals surface area contributed by atoms with Crippen molar-refractivity contribution in [3.8, 4) is 11.5 Å². The first-order valence-corrected chi connectivity index (χ1v) is 9.80. The van der Waals surface area contributed by atoms with E-state index >= 15 is 0 Å². The van der Waals surface area contributed by atoms with Crippen molar-refractivity contribution in [2.24, 2.45) is 11.5 Å². The van der Waals surface area contributed by atoms with Gasteiger partial charge in [-0.15, -0.1) is 0 Å². The Morgan fingerprint density at radius 1 is 0.828 bits per heavy atom. The fourth-order valence-corrected chi connectivity index (χ4v) is 3.56. The van der Waals surface area contributed by atoms with Gasteiger partial charge in [-0.05, 0) is 38.1 Å². The minimum absolute atomic E-state index is 0.0882. The number of para-hydroxylation sites is 2. The van der Waals surface area contributed by atoms with Crippen LogP contribution in [-0.4, -0.2) is 33.4 Å². The first-order valence-electron chi connectivity index (χ1n) is 9.80. The summed E-state index contributed by atoms with van der Waals surface area (Å²) in [6, 6.07) is 15.9. The summed E-state index contributed by atoms with van der Waals surface area (Å²) in [7, 11) is 1.69. The molecule has 6 heteroatoms. The van der Waals surface area contributed by atoms with Crippen molar-refractivity contribution >= 4 is 21.8 Å². The van der Waals surface area contributed by atoms with Crippen molar-refractivity contribution in [3.63, 3.8) is 0 Å². The van der Waals surface area contributed by atoms with Crippen LogP contribution in [0.3, 0.4) is 0 Å². The van der Waals surface area contributed by atoms with Crippen LogP contribution in [-0.2, 0) is 13.1 Å². The molecule has 5 N–H and O–H groups in total. The number of ether oxygens (including phenoxy) is 1. The summed E-state index contributed by atoms with van der Waals surface area (Å²) in [6.07, 6.45) is 4.00. The first-order chi connectivity index (χ1) is 13.9. The van der Waals surface area contributed by atoms with Gasteiger partial charge in [0.25, 0.3) is 0 Å². The lowest BCUT2D eigenvalue weighted by molar-refractivity contribution is 0.416. The van der Waals surface area contributed by atoms with Crippen LogP contribution in [0.5, 0.6) is 11.5 Å². The van der Waals surface area contributed by atoms with Crippen molar-refractivity contribution in [2.45, 2.75) is 39.0 Å². The highest BCUT2D eigenvalue weighted by Gasteiger charge is 2.08. The molecule has 0 spiro atoms. The lowest BCUT2D eigenvalue weighted by Crippen LogP contribution is -2.21. The van der Waals surface area contributed by atoms with Crippen LogP contribution < -0.4 is 16.2 Å². The average molecular weight is 395 g/mol. The molecule has 0 aliphatic carbocycles. The van der Waals surface area contributed by atoms with Gasteiger partial charge in [-0.1, -0.05) is 24.3 Å². The molecular formula is C23H30N4O2. The summed E-state index contributed by atoms with van der Waals surface area (Å²) in [4.78, 5) is 0. The van der Waals surface area contributed by atoms with Gasteiger partial charge in [0.2, 0.25) is 0 Å². The molecule has 6 nitrogen and oxygen atoms in total. The van der Waals surface area contributed by atoms with Crippen molar-refractivity contribution < 1.29 is 9.84 Å². The molecule has 2 unspecified atom stereocenters. The van der Waals surface area contributed by atoms with Crippen molar-refractivity contribution in [2.75, 3.05) is 7.11 Å². The van der Waals surface area contributed by atoms with E-state index in [2.05, 4.69) is 22.9 Å². The summed E-state index contributed by atoms with van der Waals surface area (Å²) in [6.45, 7) is 5.48. The maximum Gasteiger partial charge on any atom is 0.143 e. The highest BCUT2D eigenvalue weighted by Crippen LogP contribution is 2.26. The Hall–Kier alpha value is -2.96. The number of aromatic nitrogens is 2. The molecule has 0 aliphatic rings. The number of phenols is 1. The lowest BCUT2D eigenvalue weighted by atomic mass is 10.2. The SMILES string of the molecule is CC(N)Cn1ccc2cccc(O)c21.COc1cccc2ccn(CC(C)N)c12. The normalized spacial score (nSPS) is 13.1. The lowest BCUT2D eigenvalue weighted by Gasteiger charge is -2.10. The molecule has 2 aromatic heterocycles. The summed E-state index contributed by atoms with van der Waals surface area (Å²) in [5.74, 6) is 1.21. The summed E-state index contributed by atoms with van der Waals surface area (Å²) < 4.78 is 9.47. The van der Waals surface area contributed by atoms with E-state index in [0.717, 1.165) is 35.3 Å². The van der Waals surface area contributed by atoms with Gasteiger partial charge in [-0.25, -0.2) is 0 Å². The Labute approximate surface area is 171 Å². The second-order valence-electron chi connectivity index (χ2n) is 7.50. The highest BCUT2D eigenvalue weighted by atomic mass is 16.5. The second-order valence-corrected chi connectivity index (χ2v) is 7.50. The molecule has 2 atom stereocenters. The molecule has 4 rings (SSSR count). The number of nitrogens with zero attached hydrogens (tertiary/aromatic N) is 2. The monoisotopic (exact) mass is 394 g/mol. The van der Waals surface area contributed by atoms with E-state index < -0.39 is 0 Å². The van der Waals surface area contributed by atoms with Crippen molar-refractivity contribution in [1.82, 2.24) is 9.13 Å². The maximum atomic E-state index is 9.69. The van der Waals surface area contributed by atoms with Crippen LogP contribution in [0, 0.1) is 0 Å². The number of fused-ring (bicyclic) bond motifs is 2. The smallest absolute Gasteiger partial charge is 0.143 e. The van der Waals surface area contributed by atoms with Gasteiger partial charge in [0.15, 0.2) is 0 Å². The quantitative estimate of drug-likeness (QED) is 0.481. The zero-order valence-electron chi connectivity index (χ0n) is 17.2. The predicted molar refractivity (Wildman–Crippen MR) is 119 cm³/mol. The number of nitrogens with two attached hydrogens (primary N) is 2. The number of rotatable bonds is 5. The van der Waals surface area contributed by atoms with E-state index in [4.69, 9.17) is 16.2 Å². The fraction of sp³-hybridized carbons (Fsp3) is 0.304. The Morgan fingerprint density at radius 2 is 1.34 bits per heavy atom. The van der Waals surface area contributed by atoms with E-state index in [1.54, 1.807) is 13.2 Å². The van der Waals surface area contributed by atoms with Crippen LogP contribution in [0.2, 0.25) is 0 Å². The van der Waals surface area contributed by atoms with E-state index in [1.807, 2.05) is 54.9 Å². The highest BCUT2D eigenvalue weighted by molar-refractivity contribution is 5.86. The molecule has 0 saturated carbocycles. The molecular weight excluding hydrogens is 364 g/mol. The standard InChI is InChI=1S/C12H16N2O.C11H14N2O/c1-9(13)8-14-7-6-10-4-3-5-11(15-2)12(10)14;1-8(12)7-13-6-5-9-3-2-4-10(14)11(9)13/h3-7,9H,8,13H2,1-2H3;2-6,8,14H,7,12H2,1H3. The zero-order valence-corrected chi connectivity index (χ0v) is 17.2. The second kappa shape index (κ2) is 9.03. The minimum Gasteiger partial charge on any atom is -0.506 e. The number of benzene rings is 2. The molecule has 2 heterocycles. The summed E-state index contributed by atoms with van der Waals surface area (Å²) >= 11 is 0. The molecule has 0 amide bonds. The fourth-order valence-electron chi connectivity index (χ4n) is 3.56. The van der Waals surface area contributed by atoms with Gasteiger partial charge in [-0.3, -0.25) is 0 Å². The topological polar surface area (TPSA) is 91.4 Å². The third-order valence-electron chi connectivity index (χ3n) is 4.71. The molecule has 0 radical (unpaired) electrons. The molecule has 4 aromatic rings. The maximum absolute atomic E-state index is 9.69. The molecule has 154 valence electrons. The Balaban J connectivity index is 0.000000166. The van der Waals surface area contributed by atoms with Gasteiger partial charge in [0.05, 0.1) is 18.1 Å². The number of aromatic hydroxyl groups is 1. The molecule has 0 bridgehead atoms. The van der Waals surface area contributed by atoms with Crippen LogP contribution in [0.1, 0.15) is 13.8 Å². The first kappa shape index (κ1) is 20.8. The molecule has 0 saturated heterocycles. The molecule has 0 fully saturated rings. The van der Waals surface area contributed by atoms with Crippen LogP contribution in [0.25, 0.3) is 21.8 Å². The van der Waals surface area contributed by atoms with E-state index in [-0.39, 0.29) is 12.1 Å². The van der Waals surface area contributed by atoms with Gasteiger partial charge in [0, 0.05) is 48.3 Å². The van der Waals surface area contributed by atoms with E-state index in [1.165, 1.54) is 5.39 Å². The minimum atomic E-state index is 0.0882. The van der Waals surface area contributed by atoms with Crippen LogP contribution >= 0.6 is 0 Å². The van der Waals surface area contributed by atoms with Gasteiger partial charge < -0.3 is 30.4 Å². The number of hydrogen-bond donors (Lipinski definition) is 3. The van der Waals surface area contributed by atoms with Gasteiger partial charge in [-0.2, -0.15) is 0 Å². The van der Waals surface area contributed by atoms with E-state index in [0.29, 0.717) is 5.75 Å². The van der Waals surface area contributed by atoms with Crippen LogP contribution in [0.15, 0.2) is 60.9 Å². The number of hydrogen-bond acceptors (Lipinski definition) is 4.